The Morgan fingerprint density at radius 3 is 2.67 bits per heavy atom. The summed E-state index contributed by atoms with van der Waals surface area (Å²) in [6.07, 6.45) is 0. The van der Waals surface area contributed by atoms with Gasteiger partial charge < -0.3 is 14.9 Å². The average molecular weight is 248 g/mol. The largest absolute Gasteiger partial charge is 0.395 e. The van der Waals surface area contributed by atoms with E-state index in [1.54, 1.807) is 0 Å². The fourth-order valence-corrected chi connectivity index (χ4v) is 1.76. The van der Waals surface area contributed by atoms with Crippen LogP contribution in [0, 0.1) is 20.8 Å². The van der Waals surface area contributed by atoms with Crippen molar-refractivity contribution < 1.29 is 9.63 Å². The third kappa shape index (κ3) is 2.48. The first-order valence-corrected chi connectivity index (χ1v) is 5.75. The Hall–Kier alpha value is -1.95. The number of aliphatic hydroxyl groups is 1. The maximum Gasteiger partial charge on any atom is 0.167 e. The minimum atomic E-state index is 0.0592. The molecule has 0 aromatic carbocycles. The number of nitrogens with one attached hydrogen (secondary N) is 1. The van der Waals surface area contributed by atoms with E-state index in [9.17, 15) is 0 Å². The first-order chi connectivity index (χ1) is 8.61. The summed E-state index contributed by atoms with van der Waals surface area (Å²) >= 11 is 0. The molecule has 0 bridgehead atoms. The fourth-order valence-electron chi connectivity index (χ4n) is 1.76. The van der Waals surface area contributed by atoms with E-state index in [1.165, 1.54) is 0 Å². The average Bonchev–Trinajstić information content (AvgIpc) is 2.66. The van der Waals surface area contributed by atoms with Crippen LogP contribution in [0.4, 0.5) is 5.82 Å². The smallest absolute Gasteiger partial charge is 0.167 e. The minimum Gasteiger partial charge on any atom is -0.395 e. The molecule has 2 aromatic rings. The third-order valence-corrected chi connectivity index (χ3v) is 2.53. The molecule has 18 heavy (non-hydrogen) atoms. The highest BCUT2D eigenvalue weighted by atomic mass is 16.5. The van der Waals surface area contributed by atoms with E-state index >= 15 is 0 Å². The van der Waals surface area contributed by atoms with E-state index < -0.39 is 0 Å². The molecule has 0 aliphatic heterocycles. The Bertz CT molecular complexity index is 532. The molecule has 0 saturated heterocycles. The molecule has 0 saturated carbocycles. The number of rotatable bonds is 4. The molecule has 0 atom stereocenters. The first kappa shape index (κ1) is 12.5. The molecule has 96 valence electrons. The van der Waals surface area contributed by atoms with Gasteiger partial charge in [-0.3, -0.25) is 0 Å². The van der Waals surface area contributed by atoms with Crippen molar-refractivity contribution in [2.45, 2.75) is 20.8 Å². The molecule has 2 aromatic heterocycles. The minimum absolute atomic E-state index is 0.0592. The van der Waals surface area contributed by atoms with E-state index in [0.29, 0.717) is 23.9 Å². The van der Waals surface area contributed by atoms with Crippen LogP contribution in [0.25, 0.3) is 11.4 Å². The predicted octanol–water partition coefficient (Wildman–Crippen LogP) is 1.46. The van der Waals surface area contributed by atoms with Crippen molar-refractivity contribution >= 4 is 5.82 Å². The molecule has 2 rings (SSSR count). The van der Waals surface area contributed by atoms with E-state index in [1.807, 2.05) is 26.8 Å². The highest BCUT2D eigenvalue weighted by Crippen LogP contribution is 2.24. The molecule has 0 fully saturated rings. The zero-order valence-electron chi connectivity index (χ0n) is 10.7. The molecule has 0 aliphatic rings. The SMILES string of the molecule is Cc1cc(NCCO)nc(-c2c(C)noc2C)n1. The number of aromatic nitrogens is 3. The molecule has 0 radical (unpaired) electrons. The van der Waals surface area contributed by atoms with E-state index in [4.69, 9.17) is 9.63 Å². The lowest BCUT2D eigenvalue weighted by Crippen LogP contribution is -2.08. The highest BCUT2D eigenvalue weighted by molar-refractivity contribution is 5.61. The quantitative estimate of drug-likeness (QED) is 0.852. The molecule has 2 N–H and O–H groups in total. The van der Waals surface area contributed by atoms with Crippen molar-refractivity contribution in [1.82, 2.24) is 15.1 Å². The number of nitrogens with zero attached hydrogens (tertiary/aromatic N) is 3. The van der Waals surface area contributed by atoms with Crippen molar-refractivity contribution in [3.63, 3.8) is 0 Å². The maximum absolute atomic E-state index is 8.81. The van der Waals surface area contributed by atoms with Crippen molar-refractivity contribution in [3.8, 4) is 11.4 Å². The topological polar surface area (TPSA) is 84.1 Å². The second kappa shape index (κ2) is 5.14. The summed E-state index contributed by atoms with van der Waals surface area (Å²) in [5.41, 5.74) is 2.44. The van der Waals surface area contributed by atoms with Crippen LogP contribution in [0.2, 0.25) is 0 Å². The van der Waals surface area contributed by atoms with Gasteiger partial charge in [0.25, 0.3) is 0 Å². The van der Waals surface area contributed by atoms with Gasteiger partial charge in [-0.1, -0.05) is 5.16 Å². The molecule has 0 amide bonds. The lowest BCUT2D eigenvalue weighted by Gasteiger charge is -2.07. The zero-order chi connectivity index (χ0) is 13.1. The van der Waals surface area contributed by atoms with Gasteiger partial charge in [-0.05, 0) is 20.8 Å². The maximum atomic E-state index is 8.81. The second-order valence-electron chi connectivity index (χ2n) is 4.07. The molecule has 0 unspecified atom stereocenters. The molecular weight excluding hydrogens is 232 g/mol. The molecule has 6 heteroatoms. The number of hydrogen-bond donors (Lipinski definition) is 2. The van der Waals surface area contributed by atoms with Crippen LogP contribution in [0.5, 0.6) is 0 Å². The summed E-state index contributed by atoms with van der Waals surface area (Å²) in [6, 6.07) is 1.83. The summed E-state index contributed by atoms with van der Waals surface area (Å²) in [5.74, 6) is 1.98. The number of anilines is 1. The van der Waals surface area contributed by atoms with Gasteiger partial charge in [-0.2, -0.15) is 0 Å². The molecule has 6 nitrogen and oxygen atoms in total. The number of aryl methyl sites for hydroxylation is 3. The van der Waals surface area contributed by atoms with Crippen molar-refractivity contribution in [2.75, 3.05) is 18.5 Å². The molecule has 0 spiro atoms. The Labute approximate surface area is 105 Å². The van der Waals surface area contributed by atoms with Crippen molar-refractivity contribution in [2.24, 2.45) is 0 Å². The van der Waals surface area contributed by atoms with Gasteiger partial charge in [0.2, 0.25) is 0 Å². The first-order valence-electron chi connectivity index (χ1n) is 5.75. The van der Waals surface area contributed by atoms with E-state index in [-0.39, 0.29) is 6.61 Å². The molecule has 0 aliphatic carbocycles. The van der Waals surface area contributed by atoms with E-state index in [2.05, 4.69) is 20.4 Å². The number of aliphatic hydroxyl groups excluding tert-OH is 1. The van der Waals surface area contributed by atoms with Crippen LogP contribution in [0.15, 0.2) is 10.6 Å². The highest BCUT2D eigenvalue weighted by Gasteiger charge is 2.15. The van der Waals surface area contributed by atoms with Crippen LogP contribution in [-0.4, -0.2) is 33.4 Å². The van der Waals surface area contributed by atoms with Crippen LogP contribution >= 0.6 is 0 Å². The van der Waals surface area contributed by atoms with Crippen LogP contribution in [0.1, 0.15) is 17.1 Å². The van der Waals surface area contributed by atoms with Gasteiger partial charge in [0.15, 0.2) is 5.82 Å². The summed E-state index contributed by atoms with van der Waals surface area (Å²) < 4.78 is 5.12. The summed E-state index contributed by atoms with van der Waals surface area (Å²) in [7, 11) is 0. The molecular formula is C12H16N4O2. The summed E-state index contributed by atoms with van der Waals surface area (Å²) in [4.78, 5) is 8.79. The van der Waals surface area contributed by atoms with Crippen molar-refractivity contribution in [3.05, 3.63) is 23.2 Å². The Morgan fingerprint density at radius 2 is 2.06 bits per heavy atom. The van der Waals surface area contributed by atoms with Crippen LogP contribution < -0.4 is 5.32 Å². The van der Waals surface area contributed by atoms with Gasteiger partial charge in [0, 0.05) is 18.3 Å². The fraction of sp³-hybridized carbons (Fsp3) is 0.417. The Kier molecular flexibility index (Phi) is 3.57. The van der Waals surface area contributed by atoms with Gasteiger partial charge in [-0.15, -0.1) is 0 Å². The standard InChI is InChI=1S/C12H16N4O2/c1-7-6-10(13-4-5-17)15-12(14-7)11-8(2)16-18-9(11)3/h6,17H,4-5H2,1-3H3,(H,13,14,15). The monoisotopic (exact) mass is 248 g/mol. The number of hydrogen-bond acceptors (Lipinski definition) is 6. The van der Waals surface area contributed by atoms with Gasteiger partial charge in [0.05, 0.1) is 17.9 Å². The van der Waals surface area contributed by atoms with Crippen molar-refractivity contribution in [1.29, 1.82) is 0 Å². The summed E-state index contributed by atoms with van der Waals surface area (Å²) in [5, 5.41) is 15.7. The third-order valence-electron chi connectivity index (χ3n) is 2.53. The molecule has 2 heterocycles. The summed E-state index contributed by atoms with van der Waals surface area (Å²) in [6.45, 7) is 6.11. The van der Waals surface area contributed by atoms with Gasteiger partial charge in [0.1, 0.15) is 11.6 Å². The lowest BCUT2D eigenvalue weighted by molar-refractivity contribution is 0.311. The van der Waals surface area contributed by atoms with Gasteiger partial charge in [-0.25, -0.2) is 9.97 Å². The predicted molar refractivity (Wildman–Crippen MR) is 67.3 cm³/mol. The van der Waals surface area contributed by atoms with Gasteiger partial charge >= 0.3 is 0 Å². The van der Waals surface area contributed by atoms with E-state index in [0.717, 1.165) is 17.0 Å². The van der Waals surface area contributed by atoms with Crippen LogP contribution in [0.3, 0.4) is 0 Å². The Morgan fingerprint density at radius 1 is 1.28 bits per heavy atom. The zero-order valence-corrected chi connectivity index (χ0v) is 10.7. The normalized spacial score (nSPS) is 10.7. The second-order valence-corrected chi connectivity index (χ2v) is 4.07. The Balaban J connectivity index is 2.42. The lowest BCUT2D eigenvalue weighted by atomic mass is 10.2. The van der Waals surface area contributed by atoms with Crippen LogP contribution in [-0.2, 0) is 0 Å².